The van der Waals surface area contributed by atoms with Gasteiger partial charge in [0.25, 0.3) is 0 Å². The van der Waals surface area contributed by atoms with Gasteiger partial charge in [-0.25, -0.2) is 0 Å². The Hall–Kier alpha value is -2.75. The summed E-state index contributed by atoms with van der Waals surface area (Å²) in [5.74, 6) is -2.72. The van der Waals surface area contributed by atoms with Gasteiger partial charge in [0.15, 0.2) is 0 Å². The fraction of sp³-hybridized carbons (Fsp3) is 0.286. The van der Waals surface area contributed by atoms with E-state index < -0.39 is 23.8 Å². The first-order valence-electron chi connectivity index (χ1n) is 12.0. The van der Waals surface area contributed by atoms with Crippen LogP contribution in [0.1, 0.15) is 46.7 Å². The van der Waals surface area contributed by atoms with E-state index in [1.54, 1.807) is 18.2 Å². The van der Waals surface area contributed by atoms with Crippen LogP contribution in [0.4, 0.5) is 26.3 Å². The van der Waals surface area contributed by atoms with Gasteiger partial charge in [0.2, 0.25) is 5.91 Å². The van der Waals surface area contributed by atoms with Crippen LogP contribution in [-0.4, -0.2) is 22.0 Å². The Labute approximate surface area is 241 Å². The normalized spacial score (nSPS) is 14.9. The fourth-order valence-corrected chi connectivity index (χ4v) is 4.78. The van der Waals surface area contributed by atoms with Crippen molar-refractivity contribution < 1.29 is 31.1 Å². The fourth-order valence-electron chi connectivity index (χ4n) is 4.16. The number of allylic oxidation sites excluding steroid dienone is 1. The predicted molar refractivity (Wildman–Crippen MR) is 142 cm³/mol. The highest BCUT2D eigenvalue weighted by Gasteiger charge is 2.40. The zero-order valence-electron chi connectivity index (χ0n) is 20.5. The van der Waals surface area contributed by atoms with Crippen LogP contribution in [0.3, 0.4) is 0 Å². The summed E-state index contributed by atoms with van der Waals surface area (Å²) in [6, 6.07) is 10.3. The summed E-state index contributed by atoms with van der Waals surface area (Å²) in [6.45, 7) is -0.313. The maximum Gasteiger partial charge on any atom is 0.416 e. The third kappa shape index (κ3) is 7.50. The number of alkyl halides is 6. The summed E-state index contributed by atoms with van der Waals surface area (Å²) < 4.78 is 83.9. The van der Waals surface area contributed by atoms with Crippen LogP contribution in [0.2, 0.25) is 15.1 Å². The molecular formula is C28H21Cl3F6N2O. The minimum Gasteiger partial charge on any atom is -0.332 e. The first-order chi connectivity index (χ1) is 18.7. The van der Waals surface area contributed by atoms with Crippen molar-refractivity contribution in [1.29, 1.82) is 0 Å². The van der Waals surface area contributed by atoms with Crippen molar-refractivity contribution >= 4 is 46.8 Å². The van der Waals surface area contributed by atoms with Gasteiger partial charge in [-0.3, -0.25) is 9.78 Å². The van der Waals surface area contributed by atoms with E-state index in [9.17, 15) is 31.1 Å². The average Bonchev–Trinajstić information content (AvgIpc) is 3.72. The van der Waals surface area contributed by atoms with Crippen LogP contribution in [0.15, 0.2) is 60.8 Å². The third-order valence-corrected chi connectivity index (χ3v) is 7.51. The number of aromatic nitrogens is 1. The van der Waals surface area contributed by atoms with Crippen LogP contribution >= 0.6 is 34.8 Å². The summed E-state index contributed by atoms with van der Waals surface area (Å²) in [7, 11) is 0. The molecule has 4 rings (SSSR count). The molecule has 1 aromatic heterocycles. The van der Waals surface area contributed by atoms with Crippen LogP contribution < -0.4 is 0 Å². The van der Waals surface area contributed by atoms with E-state index in [0.717, 1.165) is 30.4 Å². The van der Waals surface area contributed by atoms with Crippen molar-refractivity contribution in [2.75, 3.05) is 0 Å². The highest BCUT2D eigenvalue weighted by molar-refractivity contribution is 6.48. The Balaban J connectivity index is 1.66. The molecule has 1 saturated carbocycles. The van der Waals surface area contributed by atoms with Crippen molar-refractivity contribution in [2.45, 2.75) is 44.2 Å². The van der Waals surface area contributed by atoms with Gasteiger partial charge in [-0.05, 0) is 59.9 Å². The zero-order chi connectivity index (χ0) is 29.2. The Morgan fingerprint density at radius 2 is 1.65 bits per heavy atom. The molecule has 0 saturated heterocycles. The molecule has 12 heteroatoms. The summed E-state index contributed by atoms with van der Waals surface area (Å²) in [5, 5.41) is -0.488. The molecule has 1 fully saturated rings. The molecule has 0 bridgehead atoms. The van der Waals surface area contributed by atoms with Gasteiger partial charge in [-0.15, -0.1) is 0 Å². The quantitative estimate of drug-likeness (QED) is 0.186. The molecule has 0 N–H and O–H groups in total. The molecule has 1 amide bonds. The number of rotatable bonds is 8. The molecule has 0 spiro atoms. The van der Waals surface area contributed by atoms with Gasteiger partial charge in [0.05, 0.1) is 38.8 Å². The van der Waals surface area contributed by atoms with E-state index in [2.05, 4.69) is 4.98 Å². The monoisotopic (exact) mass is 620 g/mol. The molecule has 1 unspecified atom stereocenters. The van der Waals surface area contributed by atoms with E-state index in [1.807, 2.05) is 0 Å². The van der Waals surface area contributed by atoms with Crippen molar-refractivity contribution in [3.8, 4) is 0 Å². The standard InChI is InChI=1S/C28H21Cl3F6N2O/c29-23-12-19(13-24(30)25(23)31)21(27(32,33)34)9-5-16-4-6-18(22(11-16)28(35,36)37)14-39(26(40)17-7-8-17)15-20-3-1-2-10-38-20/h1-6,9-13,17,21H,7-8,14-15H2/b9-5+. The summed E-state index contributed by atoms with van der Waals surface area (Å²) >= 11 is 17.6. The molecule has 1 atom stereocenters. The molecule has 40 heavy (non-hydrogen) atoms. The van der Waals surface area contributed by atoms with Gasteiger partial charge in [-0.2, -0.15) is 26.3 Å². The number of hydrogen-bond donors (Lipinski definition) is 0. The molecule has 212 valence electrons. The van der Waals surface area contributed by atoms with Crippen molar-refractivity contribution in [3.63, 3.8) is 0 Å². The minimum atomic E-state index is -4.82. The second-order valence-electron chi connectivity index (χ2n) is 9.38. The lowest BCUT2D eigenvalue weighted by atomic mass is 9.96. The van der Waals surface area contributed by atoms with Crippen LogP contribution in [0.25, 0.3) is 6.08 Å². The van der Waals surface area contributed by atoms with Crippen LogP contribution in [-0.2, 0) is 24.1 Å². The third-order valence-electron chi connectivity index (χ3n) is 6.32. The van der Waals surface area contributed by atoms with Crippen molar-refractivity contribution in [1.82, 2.24) is 9.88 Å². The maximum absolute atomic E-state index is 14.1. The van der Waals surface area contributed by atoms with Crippen LogP contribution in [0, 0.1) is 5.92 Å². The lowest BCUT2D eigenvalue weighted by molar-refractivity contribution is -0.140. The average molecular weight is 622 g/mol. The topological polar surface area (TPSA) is 33.2 Å². The summed E-state index contributed by atoms with van der Waals surface area (Å²) in [5.41, 5.74) is -1.14. The van der Waals surface area contributed by atoms with Gasteiger partial charge in [0, 0.05) is 18.7 Å². The molecule has 0 aliphatic heterocycles. The number of nitrogens with zero attached hydrogens (tertiary/aromatic N) is 2. The summed E-state index contributed by atoms with van der Waals surface area (Å²) in [4.78, 5) is 18.4. The minimum absolute atomic E-state index is 0.0224. The molecule has 2 aromatic carbocycles. The Kier molecular flexibility index (Phi) is 9.07. The van der Waals surface area contributed by atoms with E-state index in [-0.39, 0.29) is 56.7 Å². The number of halogens is 9. The SMILES string of the molecule is O=C(C1CC1)N(Cc1ccccn1)Cc1ccc(/C=C/C(c2cc(Cl)c(Cl)c(Cl)c2)C(F)(F)F)cc1C(F)(F)F. The highest BCUT2D eigenvalue weighted by atomic mass is 35.5. The first-order valence-corrected chi connectivity index (χ1v) is 13.2. The van der Waals surface area contributed by atoms with Gasteiger partial charge < -0.3 is 4.90 Å². The molecule has 1 heterocycles. The second kappa shape index (κ2) is 12.0. The first kappa shape index (κ1) is 30.2. The number of carbonyl (C=O) groups is 1. The zero-order valence-corrected chi connectivity index (χ0v) is 22.8. The van der Waals surface area contributed by atoms with Gasteiger partial charge >= 0.3 is 12.4 Å². The second-order valence-corrected chi connectivity index (χ2v) is 10.6. The van der Waals surface area contributed by atoms with Gasteiger partial charge in [0.1, 0.15) is 0 Å². The molecule has 1 aliphatic carbocycles. The van der Waals surface area contributed by atoms with E-state index in [4.69, 9.17) is 34.8 Å². The highest BCUT2D eigenvalue weighted by Crippen LogP contribution is 2.41. The van der Waals surface area contributed by atoms with Gasteiger partial charge in [-0.1, -0.05) is 65.2 Å². The number of pyridine rings is 1. The van der Waals surface area contributed by atoms with Crippen LogP contribution in [0.5, 0.6) is 0 Å². The molecular weight excluding hydrogens is 601 g/mol. The van der Waals surface area contributed by atoms with E-state index in [1.165, 1.54) is 23.2 Å². The smallest absolute Gasteiger partial charge is 0.332 e. The lowest BCUT2D eigenvalue weighted by Gasteiger charge is -2.25. The van der Waals surface area contributed by atoms with E-state index >= 15 is 0 Å². The predicted octanol–water partition coefficient (Wildman–Crippen LogP) is 9.36. The lowest BCUT2D eigenvalue weighted by Crippen LogP contribution is -2.32. The van der Waals surface area contributed by atoms with Crippen molar-refractivity contribution in [3.05, 3.63) is 104 Å². The Morgan fingerprint density at radius 3 is 2.20 bits per heavy atom. The maximum atomic E-state index is 14.1. The number of amides is 1. The van der Waals surface area contributed by atoms with Crippen molar-refractivity contribution in [2.24, 2.45) is 5.92 Å². The number of hydrogen-bond acceptors (Lipinski definition) is 2. The molecule has 3 aromatic rings. The Morgan fingerprint density at radius 1 is 0.975 bits per heavy atom. The molecule has 1 aliphatic rings. The summed E-state index contributed by atoms with van der Waals surface area (Å²) in [6.07, 6.45) is -5.07. The largest absolute Gasteiger partial charge is 0.416 e. The molecule has 0 radical (unpaired) electrons. The van der Waals surface area contributed by atoms with E-state index in [0.29, 0.717) is 18.5 Å². The number of benzene rings is 2. The Bertz CT molecular complexity index is 1380. The molecule has 3 nitrogen and oxygen atoms in total. The number of carbonyl (C=O) groups excluding carboxylic acids is 1.